The van der Waals surface area contributed by atoms with E-state index in [0.717, 1.165) is 37.1 Å². The Balaban J connectivity index is 1.55. The Morgan fingerprint density at radius 3 is 2.77 bits per heavy atom. The standard InChI is InChI=1S/C24H28Cl2N2O3/c1-28-8-7-24(16-3-2-4-18(29)11-16)13-17(12-22(30)19(24)14-28)27-23(31)10-15-5-6-20(25)21(26)9-15/h2-6,9,11,17,19,22,29-30H,7-8,10,12-14H2,1H3,(H,27,31)/t17-,19-,22?,24-/m0/s1. The molecule has 1 saturated heterocycles. The van der Waals surface area contributed by atoms with Crippen molar-refractivity contribution in [2.45, 2.75) is 43.2 Å². The largest absolute Gasteiger partial charge is 0.508 e. The van der Waals surface area contributed by atoms with Crippen LogP contribution in [0, 0.1) is 5.92 Å². The Bertz CT molecular complexity index is 970. The molecule has 0 aromatic heterocycles. The molecule has 4 rings (SSSR count). The third-order valence-corrected chi connectivity index (χ3v) is 7.63. The van der Waals surface area contributed by atoms with Gasteiger partial charge in [-0.1, -0.05) is 41.4 Å². The molecule has 4 atom stereocenters. The maximum absolute atomic E-state index is 12.8. The average molecular weight is 463 g/mol. The minimum atomic E-state index is -0.533. The third kappa shape index (κ3) is 4.70. The predicted octanol–water partition coefficient (Wildman–Crippen LogP) is 3.77. The van der Waals surface area contributed by atoms with Crippen molar-refractivity contribution in [1.82, 2.24) is 10.2 Å². The summed E-state index contributed by atoms with van der Waals surface area (Å²) in [5.41, 5.74) is 1.54. The first kappa shape index (κ1) is 22.4. The number of hydrogen-bond acceptors (Lipinski definition) is 4. The van der Waals surface area contributed by atoms with Gasteiger partial charge in [-0.3, -0.25) is 4.79 Å². The number of aliphatic hydroxyl groups excluding tert-OH is 1. The molecule has 1 aliphatic heterocycles. The van der Waals surface area contributed by atoms with Crippen molar-refractivity contribution >= 4 is 29.1 Å². The van der Waals surface area contributed by atoms with Crippen molar-refractivity contribution in [2.75, 3.05) is 20.1 Å². The molecule has 1 heterocycles. The second kappa shape index (κ2) is 8.99. The SMILES string of the molecule is CN1CC[C@@]2(c3cccc(O)c3)C[C@@H](NC(=O)Cc3ccc(Cl)c(Cl)c3)CC(O)[C@@H]2C1. The number of hydrogen-bond donors (Lipinski definition) is 3. The molecule has 0 bridgehead atoms. The van der Waals surface area contributed by atoms with Crippen LogP contribution >= 0.6 is 23.2 Å². The lowest BCUT2D eigenvalue weighted by molar-refractivity contribution is -0.122. The topological polar surface area (TPSA) is 72.8 Å². The minimum Gasteiger partial charge on any atom is -0.508 e. The zero-order valence-corrected chi connectivity index (χ0v) is 19.0. The van der Waals surface area contributed by atoms with E-state index in [9.17, 15) is 15.0 Å². The molecule has 0 radical (unpaired) electrons. The molecule has 1 saturated carbocycles. The summed E-state index contributed by atoms with van der Waals surface area (Å²) in [5.74, 6) is 0.175. The fourth-order valence-electron chi connectivity index (χ4n) is 5.42. The molecule has 1 aliphatic carbocycles. The molecule has 2 fully saturated rings. The molecule has 2 aromatic rings. The molecular formula is C24H28Cl2N2O3. The summed E-state index contributed by atoms with van der Waals surface area (Å²) in [4.78, 5) is 15.0. The molecule has 31 heavy (non-hydrogen) atoms. The number of rotatable bonds is 4. The van der Waals surface area contributed by atoms with Gasteiger partial charge in [-0.2, -0.15) is 0 Å². The second-order valence-electron chi connectivity index (χ2n) is 9.02. The van der Waals surface area contributed by atoms with Gasteiger partial charge in [-0.25, -0.2) is 0 Å². The number of piperidine rings is 1. The number of aromatic hydroxyl groups is 1. The summed E-state index contributed by atoms with van der Waals surface area (Å²) in [6.45, 7) is 1.70. The maximum Gasteiger partial charge on any atom is 0.224 e. The maximum atomic E-state index is 12.8. The number of likely N-dealkylation sites (tertiary alicyclic amines) is 1. The van der Waals surface area contributed by atoms with Crippen molar-refractivity contribution < 1.29 is 15.0 Å². The number of benzene rings is 2. The van der Waals surface area contributed by atoms with Gasteiger partial charge in [0.2, 0.25) is 5.91 Å². The Labute approximate surface area is 193 Å². The van der Waals surface area contributed by atoms with Gasteiger partial charge in [0.15, 0.2) is 0 Å². The first-order valence-electron chi connectivity index (χ1n) is 10.7. The number of phenolic OH excluding ortho intramolecular Hbond substituents is 1. The summed E-state index contributed by atoms with van der Waals surface area (Å²) >= 11 is 12.0. The molecule has 7 heteroatoms. The average Bonchev–Trinajstić information content (AvgIpc) is 2.71. The van der Waals surface area contributed by atoms with Crippen LogP contribution in [0.15, 0.2) is 42.5 Å². The van der Waals surface area contributed by atoms with Crippen molar-refractivity contribution in [3.05, 3.63) is 63.6 Å². The van der Waals surface area contributed by atoms with Crippen LogP contribution in [0.3, 0.4) is 0 Å². The van der Waals surface area contributed by atoms with E-state index in [4.69, 9.17) is 23.2 Å². The Morgan fingerprint density at radius 1 is 1.23 bits per heavy atom. The van der Waals surface area contributed by atoms with Crippen molar-refractivity contribution in [3.63, 3.8) is 0 Å². The second-order valence-corrected chi connectivity index (χ2v) is 9.84. The van der Waals surface area contributed by atoms with Crippen molar-refractivity contribution in [1.29, 1.82) is 0 Å². The third-order valence-electron chi connectivity index (χ3n) is 6.89. The lowest BCUT2D eigenvalue weighted by atomic mass is 9.57. The van der Waals surface area contributed by atoms with Crippen LogP contribution < -0.4 is 5.32 Å². The van der Waals surface area contributed by atoms with Crippen LogP contribution in [-0.2, 0) is 16.6 Å². The molecule has 0 spiro atoms. The Morgan fingerprint density at radius 2 is 2.03 bits per heavy atom. The van der Waals surface area contributed by atoms with Gasteiger partial charge < -0.3 is 20.4 Å². The zero-order chi connectivity index (χ0) is 22.2. The fourth-order valence-corrected chi connectivity index (χ4v) is 5.74. The van der Waals surface area contributed by atoms with Crippen LogP contribution in [0.5, 0.6) is 5.75 Å². The van der Waals surface area contributed by atoms with E-state index in [0.29, 0.717) is 16.5 Å². The van der Waals surface area contributed by atoms with Gasteiger partial charge in [-0.15, -0.1) is 0 Å². The Hall–Kier alpha value is -1.79. The van der Waals surface area contributed by atoms with E-state index in [2.05, 4.69) is 17.3 Å². The highest BCUT2D eigenvalue weighted by atomic mass is 35.5. The Kier molecular flexibility index (Phi) is 6.50. The molecule has 5 nitrogen and oxygen atoms in total. The molecule has 1 amide bonds. The van der Waals surface area contributed by atoms with Gasteiger partial charge >= 0.3 is 0 Å². The van der Waals surface area contributed by atoms with Gasteiger partial charge in [0.1, 0.15) is 5.75 Å². The predicted molar refractivity (Wildman–Crippen MR) is 123 cm³/mol. The van der Waals surface area contributed by atoms with Gasteiger partial charge in [0.05, 0.1) is 22.6 Å². The first-order chi connectivity index (χ1) is 14.8. The molecule has 166 valence electrons. The van der Waals surface area contributed by atoms with Gasteiger partial charge in [0, 0.05) is 23.9 Å². The van der Waals surface area contributed by atoms with Crippen molar-refractivity contribution in [2.24, 2.45) is 5.92 Å². The number of fused-ring (bicyclic) bond motifs is 1. The summed E-state index contributed by atoms with van der Waals surface area (Å²) in [5, 5.41) is 25.2. The summed E-state index contributed by atoms with van der Waals surface area (Å²) in [6.07, 6.45) is 1.79. The number of amides is 1. The van der Waals surface area contributed by atoms with Gasteiger partial charge in [-0.05, 0) is 68.2 Å². The molecule has 2 aliphatic rings. The van der Waals surface area contributed by atoms with E-state index in [1.807, 2.05) is 18.2 Å². The van der Waals surface area contributed by atoms with E-state index in [-0.39, 0.29) is 35.5 Å². The van der Waals surface area contributed by atoms with Gasteiger partial charge in [0.25, 0.3) is 0 Å². The van der Waals surface area contributed by atoms with Crippen LogP contribution in [0.4, 0.5) is 0 Å². The minimum absolute atomic E-state index is 0.0521. The lowest BCUT2D eigenvalue weighted by Gasteiger charge is -2.54. The van der Waals surface area contributed by atoms with E-state index in [1.54, 1.807) is 24.3 Å². The number of nitrogens with zero attached hydrogens (tertiary/aromatic N) is 1. The normalized spacial score (nSPS) is 28.7. The smallest absolute Gasteiger partial charge is 0.224 e. The van der Waals surface area contributed by atoms with Crippen LogP contribution in [0.1, 0.15) is 30.4 Å². The number of carbonyl (C=O) groups excluding carboxylic acids is 1. The highest BCUT2D eigenvalue weighted by Crippen LogP contribution is 2.49. The molecule has 2 aromatic carbocycles. The number of nitrogens with one attached hydrogen (secondary N) is 1. The van der Waals surface area contributed by atoms with E-state index < -0.39 is 6.10 Å². The molecule has 3 N–H and O–H groups in total. The highest BCUT2D eigenvalue weighted by molar-refractivity contribution is 6.42. The zero-order valence-electron chi connectivity index (χ0n) is 17.5. The summed E-state index contributed by atoms with van der Waals surface area (Å²) < 4.78 is 0. The monoisotopic (exact) mass is 462 g/mol. The van der Waals surface area contributed by atoms with Crippen molar-refractivity contribution in [3.8, 4) is 5.75 Å². The van der Waals surface area contributed by atoms with Crippen LogP contribution in [0.25, 0.3) is 0 Å². The molecule has 1 unspecified atom stereocenters. The number of phenols is 1. The highest BCUT2D eigenvalue weighted by Gasteiger charge is 2.51. The number of halogens is 2. The van der Waals surface area contributed by atoms with Crippen LogP contribution in [0.2, 0.25) is 10.0 Å². The number of carbonyl (C=O) groups is 1. The quantitative estimate of drug-likeness (QED) is 0.646. The molecular weight excluding hydrogens is 435 g/mol. The summed E-state index contributed by atoms with van der Waals surface area (Å²) in [7, 11) is 2.07. The van der Waals surface area contributed by atoms with E-state index >= 15 is 0 Å². The van der Waals surface area contributed by atoms with Crippen LogP contribution in [-0.4, -0.2) is 53.3 Å². The first-order valence-corrected chi connectivity index (χ1v) is 11.4. The summed E-state index contributed by atoms with van der Waals surface area (Å²) in [6, 6.07) is 12.4. The lowest BCUT2D eigenvalue weighted by Crippen LogP contribution is -2.60. The number of aliphatic hydroxyl groups is 1. The fraction of sp³-hybridized carbons (Fsp3) is 0.458. The van der Waals surface area contributed by atoms with E-state index in [1.165, 1.54) is 0 Å².